The van der Waals surface area contributed by atoms with Crippen LogP contribution in [0.1, 0.15) is 168 Å². The summed E-state index contributed by atoms with van der Waals surface area (Å²) in [5.74, 6) is -0.396. The van der Waals surface area contributed by atoms with E-state index >= 15 is 0 Å². The normalized spacial score (nSPS) is 14.7. The van der Waals surface area contributed by atoms with Crippen LogP contribution in [0, 0.1) is 0 Å². The molecule has 3 N–H and O–H groups in total. The Labute approximate surface area is 330 Å². The van der Waals surface area contributed by atoms with Gasteiger partial charge < -0.3 is 24.6 Å². The number of hydrogen-bond acceptors (Lipinski definition) is 8. The van der Waals surface area contributed by atoms with Gasteiger partial charge >= 0.3 is 13.8 Å². The molecule has 314 valence electrons. The molecular formula is C44H79O9P. The Kier molecular flexibility index (Phi) is 39.4. The molecular weight excluding hydrogens is 703 g/mol. The molecule has 0 amide bonds. The van der Waals surface area contributed by atoms with E-state index in [4.69, 9.17) is 23.6 Å². The van der Waals surface area contributed by atoms with E-state index in [0.717, 1.165) is 83.5 Å². The van der Waals surface area contributed by atoms with Gasteiger partial charge in [0.25, 0.3) is 0 Å². The van der Waals surface area contributed by atoms with Crippen molar-refractivity contribution in [2.45, 2.75) is 180 Å². The maximum absolute atomic E-state index is 12.6. The second kappa shape index (κ2) is 40.8. The van der Waals surface area contributed by atoms with E-state index in [-0.39, 0.29) is 19.6 Å². The van der Waals surface area contributed by atoms with Crippen LogP contribution >= 0.6 is 7.82 Å². The second-order valence-electron chi connectivity index (χ2n) is 14.0. The molecule has 0 heterocycles. The van der Waals surface area contributed by atoms with Crippen molar-refractivity contribution in [3.63, 3.8) is 0 Å². The third-order valence-corrected chi connectivity index (χ3v) is 9.64. The molecule has 0 rings (SSSR count). The summed E-state index contributed by atoms with van der Waals surface area (Å²) in [6.45, 7) is 3.34. The molecule has 0 aromatic carbocycles. The molecule has 54 heavy (non-hydrogen) atoms. The molecule has 9 nitrogen and oxygen atoms in total. The minimum absolute atomic E-state index is 0.0393. The number of phosphoric acid groups is 1. The fraction of sp³-hybridized carbons (Fsp3) is 0.750. The van der Waals surface area contributed by atoms with Gasteiger partial charge in [0.15, 0.2) is 0 Å². The Morgan fingerprint density at radius 1 is 0.593 bits per heavy atom. The van der Waals surface area contributed by atoms with Crippen LogP contribution in [0.2, 0.25) is 0 Å². The van der Waals surface area contributed by atoms with E-state index in [1.54, 1.807) is 0 Å². The van der Waals surface area contributed by atoms with Crippen molar-refractivity contribution in [2.24, 2.45) is 0 Å². The minimum Gasteiger partial charge on any atom is -0.457 e. The number of ether oxygens (including phenoxy) is 2. The van der Waals surface area contributed by atoms with Crippen LogP contribution in [0.15, 0.2) is 60.8 Å². The van der Waals surface area contributed by atoms with E-state index in [0.29, 0.717) is 6.61 Å². The van der Waals surface area contributed by atoms with Gasteiger partial charge in [-0.2, -0.15) is 0 Å². The number of allylic oxidation sites excluding steroid dienone is 10. The van der Waals surface area contributed by atoms with Crippen LogP contribution in [0.5, 0.6) is 0 Å². The Balaban J connectivity index is 4.17. The first kappa shape index (κ1) is 52.2. The van der Waals surface area contributed by atoms with Crippen molar-refractivity contribution >= 4 is 13.8 Å². The van der Waals surface area contributed by atoms with Crippen LogP contribution in [0.4, 0.5) is 0 Å². The molecule has 3 atom stereocenters. The molecule has 0 spiro atoms. The number of phosphoric ester groups is 1. The summed E-state index contributed by atoms with van der Waals surface area (Å²) < 4.78 is 33.3. The lowest BCUT2D eigenvalue weighted by molar-refractivity contribution is -0.154. The number of hydrogen-bond donors (Lipinski definition) is 3. The zero-order valence-corrected chi connectivity index (χ0v) is 35.1. The number of aliphatic hydroxyl groups is 2. The largest absolute Gasteiger partial charge is 0.472 e. The van der Waals surface area contributed by atoms with Gasteiger partial charge in [-0.15, -0.1) is 0 Å². The smallest absolute Gasteiger partial charge is 0.457 e. The molecule has 0 saturated carbocycles. The van der Waals surface area contributed by atoms with Gasteiger partial charge in [-0.05, 0) is 70.6 Å². The van der Waals surface area contributed by atoms with Gasteiger partial charge in [0, 0.05) is 13.0 Å². The predicted octanol–water partition coefficient (Wildman–Crippen LogP) is 11.6. The summed E-state index contributed by atoms with van der Waals surface area (Å²) in [5, 5.41) is 18.3. The predicted molar refractivity (Wildman–Crippen MR) is 223 cm³/mol. The average Bonchev–Trinajstić information content (AvgIpc) is 3.16. The Morgan fingerprint density at radius 3 is 1.61 bits per heavy atom. The third kappa shape index (κ3) is 39.8. The monoisotopic (exact) mass is 783 g/mol. The Bertz CT molecular complexity index is 1020. The summed E-state index contributed by atoms with van der Waals surface area (Å²) in [4.78, 5) is 22.6. The first-order valence-corrected chi connectivity index (χ1v) is 22.8. The lowest BCUT2D eigenvalue weighted by Crippen LogP contribution is -2.29. The number of unbranched alkanes of at least 4 members (excludes halogenated alkanes) is 16. The number of carbonyl (C=O) groups excluding carboxylic acids is 1. The van der Waals surface area contributed by atoms with Crippen LogP contribution < -0.4 is 0 Å². The number of carbonyl (C=O) groups is 1. The van der Waals surface area contributed by atoms with Crippen LogP contribution in [0.3, 0.4) is 0 Å². The van der Waals surface area contributed by atoms with Crippen LogP contribution in [0.25, 0.3) is 0 Å². The highest BCUT2D eigenvalue weighted by atomic mass is 31.2. The maximum Gasteiger partial charge on any atom is 0.472 e. The summed E-state index contributed by atoms with van der Waals surface area (Å²) in [5.41, 5.74) is 0. The quantitative estimate of drug-likeness (QED) is 0.0240. The molecule has 0 saturated heterocycles. The fourth-order valence-electron chi connectivity index (χ4n) is 5.44. The third-order valence-electron chi connectivity index (χ3n) is 8.69. The topological polar surface area (TPSA) is 132 Å². The summed E-state index contributed by atoms with van der Waals surface area (Å²) >= 11 is 0. The number of rotatable bonds is 40. The van der Waals surface area contributed by atoms with Crippen molar-refractivity contribution < 1.29 is 43.0 Å². The average molecular weight is 783 g/mol. The molecule has 0 aliphatic rings. The molecule has 10 heteroatoms. The lowest BCUT2D eigenvalue weighted by Gasteiger charge is -2.20. The molecule has 0 fully saturated rings. The fourth-order valence-corrected chi connectivity index (χ4v) is 6.23. The van der Waals surface area contributed by atoms with Gasteiger partial charge in [0.05, 0.1) is 26.4 Å². The highest BCUT2D eigenvalue weighted by Crippen LogP contribution is 2.43. The molecule has 0 aliphatic heterocycles. The summed E-state index contributed by atoms with van der Waals surface area (Å²) in [7, 11) is -4.52. The van der Waals surface area contributed by atoms with Crippen molar-refractivity contribution in [3.8, 4) is 0 Å². The second-order valence-corrected chi connectivity index (χ2v) is 15.4. The van der Waals surface area contributed by atoms with Crippen molar-refractivity contribution in [2.75, 3.05) is 33.0 Å². The highest BCUT2D eigenvalue weighted by molar-refractivity contribution is 7.47. The van der Waals surface area contributed by atoms with Crippen molar-refractivity contribution in [1.82, 2.24) is 0 Å². The minimum atomic E-state index is -4.52. The number of aliphatic hydroxyl groups excluding tert-OH is 2. The van der Waals surface area contributed by atoms with Crippen molar-refractivity contribution in [1.29, 1.82) is 0 Å². The SMILES string of the molecule is CC/C=C\C/C=C\C/C=C\C/C=C\CCCCCCCCCCC(=O)OC(COCCCCCCCC/C=C\CCCC)COP(=O)(O)OCC(O)CO. The van der Waals surface area contributed by atoms with Gasteiger partial charge in [-0.3, -0.25) is 13.8 Å². The molecule has 0 aliphatic carbocycles. The van der Waals surface area contributed by atoms with Crippen molar-refractivity contribution in [3.05, 3.63) is 60.8 Å². The zero-order chi connectivity index (χ0) is 39.6. The highest BCUT2D eigenvalue weighted by Gasteiger charge is 2.26. The zero-order valence-electron chi connectivity index (χ0n) is 34.2. The molecule has 0 aromatic heterocycles. The van der Waals surface area contributed by atoms with Crippen LogP contribution in [-0.2, 0) is 27.9 Å². The molecule has 0 radical (unpaired) electrons. The summed E-state index contributed by atoms with van der Waals surface area (Å²) in [6, 6.07) is 0. The van der Waals surface area contributed by atoms with E-state index in [1.807, 2.05) is 0 Å². The molecule has 3 unspecified atom stereocenters. The van der Waals surface area contributed by atoms with Gasteiger partial charge in [0.2, 0.25) is 0 Å². The van der Waals surface area contributed by atoms with Crippen LogP contribution in [-0.4, -0.2) is 66.3 Å². The Hall–Kier alpha value is -1.84. The van der Waals surface area contributed by atoms with E-state index in [9.17, 15) is 19.4 Å². The first-order chi connectivity index (χ1) is 26.3. The Morgan fingerprint density at radius 2 is 1.06 bits per heavy atom. The van der Waals surface area contributed by atoms with E-state index in [1.165, 1.54) is 64.2 Å². The summed E-state index contributed by atoms with van der Waals surface area (Å²) in [6.07, 6.45) is 46.0. The molecule has 0 aromatic rings. The van der Waals surface area contributed by atoms with Gasteiger partial charge in [-0.1, -0.05) is 152 Å². The molecule has 0 bridgehead atoms. The van der Waals surface area contributed by atoms with Gasteiger partial charge in [0.1, 0.15) is 12.2 Å². The maximum atomic E-state index is 12.6. The standard InChI is InChI=1S/C44H79O9P/c1-3-5-7-9-11-13-15-17-18-19-20-21-22-23-24-25-26-28-30-32-34-36-44(47)53-43(41-52-54(48,49)51-39-42(46)38-45)40-50-37-35-33-31-29-27-16-14-12-10-8-6-4-2/h5,7,10-13,17-18,20-21,42-43,45-46H,3-4,6,8-9,14-16,19,22-41H2,1-2H3,(H,48,49)/b7-5-,12-10-,13-11-,18-17-,21-20-. The lowest BCUT2D eigenvalue weighted by atomic mass is 10.1. The first-order valence-electron chi connectivity index (χ1n) is 21.3. The van der Waals surface area contributed by atoms with E-state index < -0.39 is 39.2 Å². The number of esters is 1. The van der Waals surface area contributed by atoms with Gasteiger partial charge in [-0.25, -0.2) is 4.57 Å². The van der Waals surface area contributed by atoms with E-state index in [2.05, 4.69) is 74.6 Å².